The number of hydrogen-bond acceptors (Lipinski definition) is 4. The number of ketones is 1. The van der Waals surface area contributed by atoms with E-state index in [-0.39, 0.29) is 5.78 Å². The second-order valence-electron chi connectivity index (χ2n) is 4.34. The fraction of sp³-hybridized carbons (Fsp3) is 0.583. The summed E-state index contributed by atoms with van der Waals surface area (Å²) in [5.41, 5.74) is 7.99. The highest BCUT2D eigenvalue weighted by Gasteiger charge is 2.32. The molecule has 0 unspecified atom stereocenters. The molecule has 0 atom stereocenters. The lowest BCUT2D eigenvalue weighted by Gasteiger charge is -2.05. The lowest BCUT2D eigenvalue weighted by molar-refractivity contribution is 0.102. The average molecular weight is 238 g/mol. The molecule has 88 valence electrons. The molecular weight excluding hydrogens is 220 g/mol. The number of hydrogen-bond donors (Lipinski definition) is 2. The van der Waals surface area contributed by atoms with Crippen LogP contribution >= 0.6 is 11.3 Å². The summed E-state index contributed by atoms with van der Waals surface area (Å²) in [6, 6.07) is 0. The molecule has 0 radical (unpaired) electrons. The third-order valence-corrected chi connectivity index (χ3v) is 4.10. The first-order valence-corrected chi connectivity index (χ1v) is 6.63. The maximum absolute atomic E-state index is 11.5. The molecule has 2 rings (SSSR count). The molecule has 0 saturated heterocycles. The van der Waals surface area contributed by atoms with Crippen LogP contribution in [0.2, 0.25) is 0 Å². The van der Waals surface area contributed by atoms with Crippen molar-refractivity contribution in [1.82, 2.24) is 0 Å². The molecule has 1 aliphatic rings. The predicted molar refractivity (Wildman–Crippen MR) is 69.5 cm³/mol. The van der Waals surface area contributed by atoms with Gasteiger partial charge in [0, 0.05) is 19.0 Å². The van der Waals surface area contributed by atoms with Gasteiger partial charge in [-0.15, -0.1) is 11.3 Å². The number of Topliss-reactive ketones (excluding diaryl/α,β-unsaturated/α-hetero) is 1. The smallest absolute Gasteiger partial charge is 0.171 e. The topological polar surface area (TPSA) is 55.1 Å². The number of thiophene rings is 1. The highest BCUT2D eigenvalue weighted by molar-refractivity contribution is 7.18. The molecule has 0 bridgehead atoms. The number of nitrogens with one attached hydrogen (secondary N) is 1. The van der Waals surface area contributed by atoms with E-state index in [0.29, 0.717) is 5.92 Å². The molecular formula is C12H18N2OS. The molecule has 1 heterocycles. The zero-order chi connectivity index (χ0) is 11.7. The quantitative estimate of drug-likeness (QED) is 0.774. The molecule has 16 heavy (non-hydrogen) atoms. The highest BCUT2D eigenvalue weighted by Crippen LogP contribution is 2.50. The zero-order valence-electron chi connectivity index (χ0n) is 9.80. The van der Waals surface area contributed by atoms with Crippen LogP contribution in [0.1, 0.15) is 54.3 Å². The lowest BCUT2D eigenvalue weighted by Crippen LogP contribution is -2.01. The van der Waals surface area contributed by atoms with Crippen LogP contribution in [0.3, 0.4) is 0 Å². The summed E-state index contributed by atoms with van der Waals surface area (Å²) >= 11 is 1.52. The van der Waals surface area contributed by atoms with Gasteiger partial charge in [-0.2, -0.15) is 0 Å². The van der Waals surface area contributed by atoms with Gasteiger partial charge in [-0.3, -0.25) is 4.79 Å². The van der Waals surface area contributed by atoms with Crippen molar-refractivity contribution < 1.29 is 4.79 Å². The van der Waals surface area contributed by atoms with E-state index in [4.69, 9.17) is 5.73 Å². The number of nitrogen functional groups attached to an aromatic ring is 1. The van der Waals surface area contributed by atoms with Gasteiger partial charge in [0.2, 0.25) is 0 Å². The van der Waals surface area contributed by atoms with Gasteiger partial charge in [0.25, 0.3) is 0 Å². The number of carbonyl (C=O) groups is 1. The molecule has 0 spiro atoms. The van der Waals surface area contributed by atoms with Gasteiger partial charge in [0.15, 0.2) is 5.78 Å². The fourth-order valence-electron chi connectivity index (χ4n) is 1.87. The van der Waals surface area contributed by atoms with Gasteiger partial charge in [-0.05, 0) is 25.2 Å². The summed E-state index contributed by atoms with van der Waals surface area (Å²) in [5, 5.41) is 4.50. The Morgan fingerprint density at radius 2 is 2.25 bits per heavy atom. The Morgan fingerprint density at radius 1 is 1.56 bits per heavy atom. The Labute approximate surface area is 100 Å². The van der Waals surface area contributed by atoms with Crippen LogP contribution in [0.25, 0.3) is 0 Å². The Hall–Kier alpha value is -1.03. The van der Waals surface area contributed by atoms with Crippen LogP contribution in [-0.4, -0.2) is 12.3 Å². The summed E-state index contributed by atoms with van der Waals surface area (Å²) in [6.07, 6.45) is 3.50. The van der Waals surface area contributed by atoms with Crippen LogP contribution in [0.4, 0.5) is 10.7 Å². The fourth-order valence-corrected chi connectivity index (χ4v) is 2.99. The third kappa shape index (κ3) is 2.07. The van der Waals surface area contributed by atoms with E-state index < -0.39 is 0 Å². The van der Waals surface area contributed by atoms with Gasteiger partial charge in [-0.1, -0.05) is 6.92 Å². The maximum atomic E-state index is 11.5. The maximum Gasteiger partial charge on any atom is 0.171 e. The average Bonchev–Trinajstić information content (AvgIpc) is 3.00. The van der Waals surface area contributed by atoms with Crippen molar-refractivity contribution in [3.8, 4) is 0 Å². The molecule has 1 aromatic heterocycles. The molecule has 1 aromatic rings. The second-order valence-corrected chi connectivity index (χ2v) is 5.37. The van der Waals surface area contributed by atoms with E-state index in [2.05, 4.69) is 12.2 Å². The molecule has 1 saturated carbocycles. The van der Waals surface area contributed by atoms with Crippen molar-refractivity contribution in [3.05, 3.63) is 10.4 Å². The number of carbonyl (C=O) groups excluding carboxylic acids is 1. The summed E-state index contributed by atoms with van der Waals surface area (Å²) in [6.45, 7) is 4.66. The first kappa shape index (κ1) is 11.5. The van der Waals surface area contributed by atoms with Crippen LogP contribution in [0.15, 0.2) is 0 Å². The minimum Gasteiger partial charge on any atom is -0.397 e. The van der Waals surface area contributed by atoms with Crippen molar-refractivity contribution in [1.29, 1.82) is 0 Å². The predicted octanol–water partition coefficient (Wildman–Crippen LogP) is 3.23. The first-order valence-electron chi connectivity index (χ1n) is 5.82. The zero-order valence-corrected chi connectivity index (χ0v) is 10.6. The van der Waals surface area contributed by atoms with E-state index in [0.717, 1.165) is 28.5 Å². The Kier molecular flexibility index (Phi) is 3.19. The summed E-state index contributed by atoms with van der Waals surface area (Å²) < 4.78 is 0. The molecule has 0 amide bonds. The Morgan fingerprint density at radius 3 is 2.75 bits per heavy atom. The van der Waals surface area contributed by atoms with Crippen molar-refractivity contribution in [3.63, 3.8) is 0 Å². The normalized spacial score (nSPS) is 15.1. The van der Waals surface area contributed by atoms with Crippen molar-refractivity contribution in [2.45, 2.75) is 39.0 Å². The minimum atomic E-state index is 0.0777. The molecule has 1 aliphatic carbocycles. The van der Waals surface area contributed by atoms with Crippen LogP contribution in [0, 0.1) is 0 Å². The van der Waals surface area contributed by atoms with Crippen molar-refractivity contribution >= 4 is 27.8 Å². The van der Waals surface area contributed by atoms with E-state index in [9.17, 15) is 4.79 Å². The molecule has 3 N–H and O–H groups in total. The van der Waals surface area contributed by atoms with E-state index >= 15 is 0 Å². The number of rotatable bonds is 5. The summed E-state index contributed by atoms with van der Waals surface area (Å²) in [5.74, 6) is 0.664. The summed E-state index contributed by atoms with van der Waals surface area (Å²) in [7, 11) is 0. The van der Waals surface area contributed by atoms with Gasteiger partial charge in [-0.25, -0.2) is 0 Å². The van der Waals surface area contributed by atoms with E-state index in [1.54, 1.807) is 6.92 Å². The van der Waals surface area contributed by atoms with Crippen LogP contribution in [-0.2, 0) is 0 Å². The summed E-state index contributed by atoms with van der Waals surface area (Å²) in [4.78, 5) is 12.2. The van der Waals surface area contributed by atoms with Crippen LogP contribution in [0.5, 0.6) is 0 Å². The highest BCUT2D eigenvalue weighted by atomic mass is 32.1. The van der Waals surface area contributed by atoms with Gasteiger partial charge < -0.3 is 11.1 Å². The lowest BCUT2D eigenvalue weighted by atomic mass is 10.1. The van der Waals surface area contributed by atoms with E-state index in [1.165, 1.54) is 29.7 Å². The van der Waals surface area contributed by atoms with Gasteiger partial charge in [0.1, 0.15) is 0 Å². The number of anilines is 2. The SMILES string of the molecule is CCCNc1sc(C(C)=O)c(N)c1C1CC1. The van der Waals surface area contributed by atoms with Crippen LogP contribution < -0.4 is 11.1 Å². The molecule has 0 aliphatic heterocycles. The minimum absolute atomic E-state index is 0.0777. The second kappa shape index (κ2) is 4.45. The van der Waals surface area contributed by atoms with E-state index in [1.807, 2.05) is 0 Å². The van der Waals surface area contributed by atoms with Crippen molar-refractivity contribution in [2.24, 2.45) is 0 Å². The molecule has 1 fully saturated rings. The largest absolute Gasteiger partial charge is 0.397 e. The first-order chi connectivity index (χ1) is 7.65. The third-order valence-electron chi connectivity index (χ3n) is 2.82. The standard InChI is InChI=1S/C12H18N2OS/c1-3-6-14-12-9(8-4-5-8)10(13)11(16-12)7(2)15/h8,14H,3-6,13H2,1-2H3. The molecule has 0 aromatic carbocycles. The van der Waals surface area contributed by atoms with Crippen molar-refractivity contribution in [2.75, 3.05) is 17.6 Å². The monoisotopic (exact) mass is 238 g/mol. The number of nitrogens with two attached hydrogens (primary N) is 1. The van der Waals surface area contributed by atoms with Gasteiger partial charge >= 0.3 is 0 Å². The molecule has 4 heteroatoms. The Balaban J connectivity index is 2.33. The Bertz CT molecular complexity index is 407. The van der Waals surface area contributed by atoms with Gasteiger partial charge in [0.05, 0.1) is 15.6 Å². The molecule has 3 nitrogen and oxygen atoms in total.